The molecule has 3 aliphatic rings. The quantitative estimate of drug-likeness (QED) is 0.189. The van der Waals surface area contributed by atoms with E-state index in [2.05, 4.69) is 161 Å². The second-order valence-electron chi connectivity index (χ2n) is 13.9. The number of halogens is 2. The summed E-state index contributed by atoms with van der Waals surface area (Å²) in [6, 6.07) is 45.7. The Morgan fingerprint density at radius 3 is 1.21 bits per heavy atom. The Bertz CT molecular complexity index is 2090. The molecule has 6 aromatic carbocycles. The van der Waals surface area contributed by atoms with Crippen LogP contribution in [0.4, 0.5) is 0 Å². The van der Waals surface area contributed by atoms with Gasteiger partial charge < -0.3 is 24.8 Å². The summed E-state index contributed by atoms with van der Waals surface area (Å²) in [5, 5.41) is 5.32. The van der Waals surface area contributed by atoms with Crippen molar-refractivity contribution in [2.75, 3.05) is 0 Å². The summed E-state index contributed by atoms with van der Waals surface area (Å²) in [7, 11) is 0. The van der Waals surface area contributed by atoms with Crippen LogP contribution in [0.15, 0.2) is 132 Å². The third-order valence-electron chi connectivity index (χ3n) is 11.9. The molecule has 1 saturated heterocycles. The molecule has 232 valence electrons. The van der Waals surface area contributed by atoms with Crippen molar-refractivity contribution in [1.29, 1.82) is 0 Å². The van der Waals surface area contributed by atoms with E-state index in [0.29, 0.717) is 7.25 Å². The third kappa shape index (κ3) is 4.57. The first-order valence-electron chi connectivity index (χ1n) is 16.6. The number of benzene rings is 6. The van der Waals surface area contributed by atoms with E-state index < -0.39 is 20.3 Å². The van der Waals surface area contributed by atoms with Crippen molar-refractivity contribution in [3.8, 4) is 22.3 Å². The standard InChI is InChI=1S/2C20H15.C4H8.2ClH.Zr/c2*1-14-12-16-8-5-11-19(20(16)13-14)18-10-4-7-15-6-2-3-9-17(15)18;1-3-4-2;;;/h2*2-13H,1H3;3-4H,1-2H3;2*1H;/q;;;;;+2/p-2. The Labute approximate surface area is 295 Å². The van der Waals surface area contributed by atoms with Gasteiger partial charge in [0, 0.05) is 0 Å². The maximum absolute atomic E-state index is 2.97. The van der Waals surface area contributed by atoms with Crippen LogP contribution >= 0.6 is 0 Å². The van der Waals surface area contributed by atoms with Crippen LogP contribution in [-0.2, 0) is 20.3 Å². The number of hydrogen-bond acceptors (Lipinski definition) is 0. The van der Waals surface area contributed by atoms with Crippen molar-refractivity contribution in [2.45, 2.75) is 42.2 Å². The summed E-state index contributed by atoms with van der Waals surface area (Å²) in [4.78, 5) is 0. The molecule has 0 bridgehead atoms. The Morgan fingerprint density at radius 2 is 0.787 bits per heavy atom. The minimum atomic E-state index is -2.97. The molecule has 1 heterocycles. The summed E-state index contributed by atoms with van der Waals surface area (Å²) in [6.45, 7) is 10.1. The van der Waals surface area contributed by atoms with Gasteiger partial charge in [-0.05, 0) is 0 Å². The summed E-state index contributed by atoms with van der Waals surface area (Å²) in [6.07, 6.45) is 5.16. The normalized spacial score (nSPS) is 22.4. The van der Waals surface area contributed by atoms with Crippen LogP contribution in [0.25, 0.3) is 56.0 Å². The fourth-order valence-corrected chi connectivity index (χ4v) is 31.0. The van der Waals surface area contributed by atoms with Gasteiger partial charge in [0.1, 0.15) is 0 Å². The summed E-state index contributed by atoms with van der Waals surface area (Å²) in [5.41, 5.74) is 14.9. The topological polar surface area (TPSA) is 0 Å². The van der Waals surface area contributed by atoms with Crippen LogP contribution in [0.5, 0.6) is 0 Å². The maximum Gasteiger partial charge on any atom is -1.00 e. The molecule has 0 amide bonds. The van der Waals surface area contributed by atoms with Gasteiger partial charge in [-0.3, -0.25) is 0 Å². The minimum absolute atomic E-state index is 0. The number of allylic oxidation sites excluding steroid dienone is 2. The number of fused-ring (bicyclic) bond motifs is 4. The zero-order valence-electron chi connectivity index (χ0n) is 27.3. The fourth-order valence-electron chi connectivity index (χ4n) is 9.88. The smallest absolute Gasteiger partial charge is 1.00 e. The largest absolute Gasteiger partial charge is 1.00 e. The Hall–Kier alpha value is -3.22. The predicted octanol–water partition coefficient (Wildman–Crippen LogP) is 6.74. The molecule has 1 aliphatic heterocycles. The van der Waals surface area contributed by atoms with Gasteiger partial charge in [0.2, 0.25) is 0 Å². The molecule has 6 aromatic rings. The van der Waals surface area contributed by atoms with Gasteiger partial charge in [0.15, 0.2) is 0 Å². The first-order chi connectivity index (χ1) is 22.0. The van der Waals surface area contributed by atoms with Crippen LogP contribution in [0, 0.1) is 0 Å². The molecule has 1 fully saturated rings. The van der Waals surface area contributed by atoms with Gasteiger partial charge in [0.25, 0.3) is 0 Å². The van der Waals surface area contributed by atoms with Crippen LogP contribution in [0.2, 0.25) is 7.25 Å². The molecular weight excluding hydrogens is 691 g/mol. The molecule has 0 aromatic heterocycles. The minimum Gasteiger partial charge on any atom is -1.00 e. The van der Waals surface area contributed by atoms with E-state index in [0.717, 1.165) is 7.25 Å². The number of hydrogen-bond donors (Lipinski definition) is 0. The van der Waals surface area contributed by atoms with Crippen LogP contribution in [0.3, 0.4) is 0 Å². The Morgan fingerprint density at radius 1 is 0.426 bits per heavy atom. The van der Waals surface area contributed by atoms with Gasteiger partial charge in [0.05, 0.1) is 0 Å². The van der Waals surface area contributed by atoms with E-state index in [9.17, 15) is 0 Å². The zero-order chi connectivity index (χ0) is 30.4. The Kier molecular flexibility index (Phi) is 8.28. The van der Waals surface area contributed by atoms with Gasteiger partial charge in [-0.2, -0.15) is 0 Å². The first kappa shape index (κ1) is 32.3. The molecule has 0 N–H and O–H groups in total. The molecular formula is C44H38Cl2Zr. The Balaban J connectivity index is 0.00000176. The van der Waals surface area contributed by atoms with E-state index in [1.165, 1.54) is 54.9 Å². The molecule has 4 unspecified atom stereocenters. The van der Waals surface area contributed by atoms with Crippen molar-refractivity contribution in [3.05, 3.63) is 155 Å². The summed E-state index contributed by atoms with van der Waals surface area (Å²) in [5.74, 6) is 0. The van der Waals surface area contributed by atoms with Crippen molar-refractivity contribution >= 4 is 33.7 Å². The molecule has 0 nitrogen and oxygen atoms in total. The van der Waals surface area contributed by atoms with Crippen molar-refractivity contribution < 1.29 is 45.1 Å². The van der Waals surface area contributed by atoms with E-state index in [1.807, 2.05) is 0 Å². The van der Waals surface area contributed by atoms with E-state index in [-0.39, 0.29) is 24.8 Å². The SMILES string of the molecule is CC1=Cc2c(-c3cccc4ccccc34)cccc2[CH]1[Zr+2]1([CH]2C(C)=Cc3c(-c4cccc5ccccc45)cccc32)[CH](C)[CH]1C.[Cl-].[Cl-]. The molecule has 0 saturated carbocycles. The molecule has 47 heavy (non-hydrogen) atoms. The van der Waals surface area contributed by atoms with Crippen molar-refractivity contribution in [1.82, 2.24) is 0 Å². The first-order valence-corrected chi connectivity index (χ1v) is 22.3. The van der Waals surface area contributed by atoms with Crippen molar-refractivity contribution in [2.24, 2.45) is 0 Å². The van der Waals surface area contributed by atoms with Crippen LogP contribution in [-0.4, -0.2) is 0 Å². The van der Waals surface area contributed by atoms with Crippen molar-refractivity contribution in [3.63, 3.8) is 0 Å². The van der Waals surface area contributed by atoms with Crippen LogP contribution < -0.4 is 24.8 Å². The molecule has 9 rings (SSSR count). The second-order valence-corrected chi connectivity index (χ2v) is 26.1. The predicted molar refractivity (Wildman–Crippen MR) is 190 cm³/mol. The fraction of sp³-hybridized carbons (Fsp3) is 0.182. The van der Waals surface area contributed by atoms with E-state index in [1.54, 1.807) is 22.3 Å². The third-order valence-corrected chi connectivity index (χ3v) is 29.9. The van der Waals surface area contributed by atoms with Crippen LogP contribution in [0.1, 0.15) is 57.2 Å². The monoisotopic (exact) mass is 726 g/mol. The van der Waals surface area contributed by atoms with Gasteiger partial charge in [-0.1, -0.05) is 0 Å². The average molecular weight is 729 g/mol. The molecule has 0 radical (unpaired) electrons. The molecule has 2 aliphatic carbocycles. The van der Waals surface area contributed by atoms with Gasteiger partial charge in [-0.25, -0.2) is 0 Å². The van der Waals surface area contributed by atoms with Gasteiger partial charge >= 0.3 is 273 Å². The molecule has 0 spiro atoms. The summed E-state index contributed by atoms with van der Waals surface area (Å²) < 4.78 is 2.88. The average Bonchev–Trinajstić information content (AvgIpc) is 3.32. The second kappa shape index (κ2) is 12.0. The number of rotatable bonds is 4. The van der Waals surface area contributed by atoms with Gasteiger partial charge in [-0.15, -0.1) is 0 Å². The zero-order valence-corrected chi connectivity index (χ0v) is 31.2. The molecule has 3 heteroatoms. The van der Waals surface area contributed by atoms with E-state index >= 15 is 0 Å². The van der Waals surface area contributed by atoms with E-state index in [4.69, 9.17) is 0 Å². The summed E-state index contributed by atoms with van der Waals surface area (Å²) >= 11 is -2.97. The maximum atomic E-state index is 2.61. The molecule has 4 atom stereocenters.